The summed E-state index contributed by atoms with van der Waals surface area (Å²) in [6.45, 7) is -0.905. The average molecular weight is 443 g/mol. The van der Waals surface area contributed by atoms with Crippen LogP contribution in [0.25, 0.3) is 11.2 Å². The molecule has 4 N–H and O–H groups in total. The number of alkyl halides is 3. The summed E-state index contributed by atoms with van der Waals surface area (Å²) in [6, 6.07) is 2.18. The van der Waals surface area contributed by atoms with Crippen LogP contribution in [0.15, 0.2) is 30.9 Å². The zero-order valence-electron chi connectivity index (χ0n) is 15.7. The summed E-state index contributed by atoms with van der Waals surface area (Å²) in [5.74, 6) is -0.737. The van der Waals surface area contributed by atoms with Crippen molar-refractivity contribution in [3.05, 3.63) is 47.8 Å². The second kappa shape index (κ2) is 8.00. The van der Waals surface area contributed by atoms with Crippen molar-refractivity contribution in [3.8, 4) is 0 Å². The summed E-state index contributed by atoms with van der Waals surface area (Å²) in [6.07, 6.45) is -7.09. The summed E-state index contributed by atoms with van der Waals surface area (Å²) in [7, 11) is 0. The van der Waals surface area contributed by atoms with Crippen LogP contribution in [0.1, 0.15) is 17.4 Å². The van der Waals surface area contributed by atoms with Crippen LogP contribution in [-0.2, 0) is 17.5 Å². The van der Waals surface area contributed by atoms with E-state index in [1.807, 2.05) is 0 Å². The third-order valence-electron chi connectivity index (χ3n) is 4.97. The SMILES string of the molecule is OC[C@H]1O[C@@H](n2cnc3c(NCc4cc(F)ccc4C(F)(F)F)ncnc32)[C@H](O)[C@@H]1O. The number of hydrogen-bond acceptors (Lipinski definition) is 8. The average Bonchev–Trinajstić information content (AvgIpc) is 3.27. The monoisotopic (exact) mass is 443 g/mol. The van der Waals surface area contributed by atoms with Crippen LogP contribution >= 0.6 is 0 Å². The molecular weight excluding hydrogens is 426 g/mol. The van der Waals surface area contributed by atoms with Gasteiger partial charge in [0.15, 0.2) is 23.2 Å². The standard InChI is InChI=1S/C18H17F4N5O4/c19-9-1-2-10(18(20,21)22)8(3-9)4-23-15-12-16(25-6-24-15)27(7-26-12)17-14(30)13(29)11(5-28)31-17/h1-3,6-7,11,13-14,17,28-30H,4-5H2,(H,23,24,25)/t11-,13-,14-,17-/m1/s1. The number of aromatic nitrogens is 4. The first kappa shape index (κ1) is 21.4. The minimum atomic E-state index is -4.66. The van der Waals surface area contributed by atoms with Crippen molar-refractivity contribution in [1.82, 2.24) is 19.5 Å². The highest BCUT2D eigenvalue weighted by molar-refractivity contribution is 5.82. The van der Waals surface area contributed by atoms with Crippen LogP contribution < -0.4 is 5.32 Å². The van der Waals surface area contributed by atoms with Crippen molar-refractivity contribution in [3.63, 3.8) is 0 Å². The van der Waals surface area contributed by atoms with Gasteiger partial charge < -0.3 is 25.4 Å². The highest BCUT2D eigenvalue weighted by atomic mass is 19.4. The number of fused-ring (bicyclic) bond motifs is 1. The maximum absolute atomic E-state index is 13.5. The number of aliphatic hydroxyl groups excluding tert-OH is 3. The molecular formula is C18H17F4N5O4. The van der Waals surface area contributed by atoms with E-state index in [-0.39, 0.29) is 29.1 Å². The predicted octanol–water partition coefficient (Wildman–Crippen LogP) is 1.21. The Balaban J connectivity index is 1.62. The van der Waals surface area contributed by atoms with E-state index in [9.17, 15) is 32.9 Å². The number of nitrogens with one attached hydrogen (secondary N) is 1. The van der Waals surface area contributed by atoms with E-state index >= 15 is 0 Å². The maximum atomic E-state index is 13.5. The number of aliphatic hydroxyl groups is 3. The molecule has 3 heterocycles. The lowest BCUT2D eigenvalue weighted by atomic mass is 10.1. The Bertz CT molecular complexity index is 1090. The Hall–Kier alpha value is -2.87. The van der Waals surface area contributed by atoms with E-state index in [1.54, 1.807) is 0 Å². The second-order valence-corrected chi connectivity index (χ2v) is 6.93. The van der Waals surface area contributed by atoms with Gasteiger partial charge in [0.2, 0.25) is 0 Å². The first-order valence-corrected chi connectivity index (χ1v) is 9.10. The molecule has 13 heteroatoms. The number of nitrogens with zero attached hydrogens (tertiary/aromatic N) is 4. The van der Waals surface area contributed by atoms with Crippen LogP contribution in [0, 0.1) is 5.82 Å². The molecule has 4 rings (SSSR count). The molecule has 1 aliphatic rings. The first-order valence-electron chi connectivity index (χ1n) is 9.10. The summed E-state index contributed by atoms with van der Waals surface area (Å²) in [5, 5.41) is 32.1. The Morgan fingerprint density at radius 1 is 1.13 bits per heavy atom. The fraction of sp³-hybridized carbons (Fsp3) is 0.389. The van der Waals surface area contributed by atoms with Gasteiger partial charge >= 0.3 is 6.18 Å². The molecule has 1 saturated heterocycles. The maximum Gasteiger partial charge on any atom is 0.416 e. The molecule has 0 saturated carbocycles. The largest absolute Gasteiger partial charge is 0.416 e. The smallest absolute Gasteiger partial charge is 0.394 e. The fourth-order valence-corrected chi connectivity index (χ4v) is 3.44. The number of benzene rings is 1. The molecule has 4 atom stereocenters. The number of hydrogen-bond donors (Lipinski definition) is 4. The summed E-state index contributed by atoms with van der Waals surface area (Å²) in [5.41, 5.74) is -0.973. The predicted molar refractivity (Wildman–Crippen MR) is 97.1 cm³/mol. The Labute approximate surface area is 172 Å². The third-order valence-corrected chi connectivity index (χ3v) is 4.97. The van der Waals surface area contributed by atoms with Crippen LogP contribution in [0.4, 0.5) is 23.4 Å². The molecule has 31 heavy (non-hydrogen) atoms. The van der Waals surface area contributed by atoms with E-state index in [4.69, 9.17) is 4.74 Å². The molecule has 0 radical (unpaired) electrons. The quantitative estimate of drug-likeness (QED) is 0.434. The minimum Gasteiger partial charge on any atom is -0.394 e. The second-order valence-electron chi connectivity index (χ2n) is 6.93. The van der Waals surface area contributed by atoms with Crippen molar-refractivity contribution in [2.24, 2.45) is 0 Å². The van der Waals surface area contributed by atoms with Gasteiger partial charge in [-0.3, -0.25) is 4.57 Å². The number of imidazole rings is 1. The van der Waals surface area contributed by atoms with Gasteiger partial charge in [-0.2, -0.15) is 13.2 Å². The van der Waals surface area contributed by atoms with Gasteiger partial charge in [-0.25, -0.2) is 19.3 Å². The fourth-order valence-electron chi connectivity index (χ4n) is 3.44. The van der Waals surface area contributed by atoms with Crippen LogP contribution in [-0.4, -0.2) is 59.8 Å². The van der Waals surface area contributed by atoms with Crippen molar-refractivity contribution in [2.45, 2.75) is 37.3 Å². The molecule has 9 nitrogen and oxygen atoms in total. The zero-order chi connectivity index (χ0) is 22.3. The highest BCUT2D eigenvalue weighted by Gasteiger charge is 2.44. The molecule has 1 aliphatic heterocycles. The Morgan fingerprint density at radius 2 is 1.90 bits per heavy atom. The number of rotatable bonds is 5. The lowest BCUT2D eigenvalue weighted by Crippen LogP contribution is -2.33. The molecule has 0 aliphatic carbocycles. The van der Waals surface area contributed by atoms with Crippen LogP contribution in [0.3, 0.4) is 0 Å². The summed E-state index contributed by atoms with van der Waals surface area (Å²) in [4.78, 5) is 12.2. The van der Waals surface area contributed by atoms with Gasteiger partial charge in [0.1, 0.15) is 30.5 Å². The Morgan fingerprint density at radius 3 is 2.58 bits per heavy atom. The van der Waals surface area contributed by atoms with E-state index in [2.05, 4.69) is 20.3 Å². The number of ether oxygens (including phenoxy) is 1. The van der Waals surface area contributed by atoms with E-state index in [0.29, 0.717) is 6.07 Å². The van der Waals surface area contributed by atoms with Gasteiger partial charge in [0.25, 0.3) is 0 Å². The molecule has 3 aromatic rings. The number of halogens is 4. The highest BCUT2D eigenvalue weighted by Crippen LogP contribution is 2.34. The summed E-state index contributed by atoms with van der Waals surface area (Å²) < 4.78 is 59.9. The van der Waals surface area contributed by atoms with Gasteiger partial charge in [-0.05, 0) is 23.8 Å². The molecule has 2 aromatic heterocycles. The third kappa shape index (κ3) is 3.92. The van der Waals surface area contributed by atoms with Crippen LogP contribution in [0.5, 0.6) is 0 Å². The van der Waals surface area contributed by atoms with Gasteiger partial charge in [0.05, 0.1) is 18.5 Å². The van der Waals surface area contributed by atoms with Gasteiger partial charge in [-0.1, -0.05) is 0 Å². The molecule has 0 amide bonds. The topological polar surface area (TPSA) is 126 Å². The zero-order valence-corrected chi connectivity index (χ0v) is 15.7. The molecule has 0 spiro atoms. The van der Waals surface area contributed by atoms with Crippen molar-refractivity contribution in [2.75, 3.05) is 11.9 Å². The van der Waals surface area contributed by atoms with Crippen molar-refractivity contribution >= 4 is 17.0 Å². The lowest BCUT2D eigenvalue weighted by Gasteiger charge is -2.16. The molecule has 166 valence electrons. The molecule has 0 unspecified atom stereocenters. The normalized spacial score (nSPS) is 24.1. The van der Waals surface area contributed by atoms with E-state index in [1.165, 1.54) is 10.9 Å². The van der Waals surface area contributed by atoms with Gasteiger partial charge in [-0.15, -0.1) is 0 Å². The van der Waals surface area contributed by atoms with Gasteiger partial charge in [0, 0.05) is 6.54 Å². The van der Waals surface area contributed by atoms with Crippen molar-refractivity contribution in [1.29, 1.82) is 0 Å². The number of anilines is 1. The molecule has 1 fully saturated rings. The Kier molecular flexibility index (Phi) is 5.51. The van der Waals surface area contributed by atoms with Crippen molar-refractivity contribution < 1.29 is 37.6 Å². The van der Waals surface area contributed by atoms with Crippen LogP contribution in [0.2, 0.25) is 0 Å². The first-order chi connectivity index (χ1) is 14.7. The molecule has 0 bridgehead atoms. The summed E-state index contributed by atoms with van der Waals surface area (Å²) >= 11 is 0. The molecule has 1 aromatic carbocycles. The van der Waals surface area contributed by atoms with E-state index < -0.39 is 48.7 Å². The lowest BCUT2D eigenvalue weighted by molar-refractivity contribution is -0.138. The van der Waals surface area contributed by atoms with E-state index in [0.717, 1.165) is 18.5 Å². The minimum absolute atomic E-state index is 0.0767.